The maximum absolute atomic E-state index is 6.36. The Hall–Kier alpha value is -2.12. The summed E-state index contributed by atoms with van der Waals surface area (Å²) >= 11 is 12.2. The van der Waals surface area contributed by atoms with Crippen LogP contribution in [0.25, 0.3) is 0 Å². The first-order valence-electron chi connectivity index (χ1n) is 14.6. The molecule has 0 bridgehead atoms. The molecule has 2 aromatic rings. The van der Waals surface area contributed by atoms with E-state index in [1.807, 2.05) is 6.07 Å². The van der Waals surface area contributed by atoms with E-state index in [0.717, 1.165) is 62.2 Å². The van der Waals surface area contributed by atoms with Gasteiger partial charge in [-0.25, -0.2) is 0 Å². The fourth-order valence-electron chi connectivity index (χ4n) is 6.78. The molecule has 6 nitrogen and oxygen atoms in total. The summed E-state index contributed by atoms with van der Waals surface area (Å²) in [6.07, 6.45) is 11.0. The van der Waals surface area contributed by atoms with Gasteiger partial charge in [0.2, 0.25) is 5.95 Å². The van der Waals surface area contributed by atoms with Crippen molar-refractivity contribution in [2.75, 3.05) is 47.8 Å². The molecule has 1 aromatic carbocycles. The molecule has 3 aliphatic rings. The first-order chi connectivity index (χ1) is 18.4. The number of nitrogens with one attached hydrogen (secondary N) is 2. The van der Waals surface area contributed by atoms with Crippen molar-refractivity contribution in [2.24, 2.45) is 11.8 Å². The molecule has 1 aromatic heterocycles. The summed E-state index contributed by atoms with van der Waals surface area (Å²) in [6, 6.07) is 10.5. The fraction of sp³-hybridized carbons (Fsp3) is 0.633. The molecule has 1 aliphatic carbocycles. The Kier molecular flexibility index (Phi) is 8.94. The van der Waals surface area contributed by atoms with Crippen LogP contribution in [0.2, 0.25) is 5.02 Å². The first kappa shape index (κ1) is 27.4. The van der Waals surface area contributed by atoms with Crippen molar-refractivity contribution in [3.8, 4) is 0 Å². The van der Waals surface area contributed by atoms with Crippen LogP contribution in [0.5, 0.6) is 0 Å². The Balaban J connectivity index is 1.34. The zero-order valence-corrected chi connectivity index (χ0v) is 24.6. The van der Waals surface area contributed by atoms with E-state index in [1.165, 1.54) is 50.5 Å². The summed E-state index contributed by atoms with van der Waals surface area (Å²) < 4.78 is 0. The van der Waals surface area contributed by atoms with Crippen LogP contribution in [-0.2, 0) is 5.41 Å². The fourth-order valence-corrected chi connectivity index (χ4v) is 7.14. The Labute approximate surface area is 238 Å². The monoisotopic (exact) mass is 554 g/mol. The largest absolute Gasteiger partial charge is 0.361 e. The standard InChI is InChI=1S/C30H43ClN6S/c1-22-16-23(2)20-37(19-22)27-18-26(36-14-7-3-4-8-15-36)33-28(34-27)35-29(38)32-21-30(12-5-6-13-30)24-10-9-11-25(31)17-24/h9-11,17-18,22-23H,3-8,12-16,19-21H2,1-2H3,(H2,32,33,34,35,38)/t22-,23-/m1/s1. The summed E-state index contributed by atoms with van der Waals surface area (Å²) in [5.74, 6) is 3.92. The van der Waals surface area contributed by atoms with E-state index >= 15 is 0 Å². The van der Waals surface area contributed by atoms with E-state index in [0.29, 0.717) is 22.9 Å². The Morgan fingerprint density at radius 1 is 0.947 bits per heavy atom. The summed E-state index contributed by atoms with van der Waals surface area (Å²) in [7, 11) is 0. The van der Waals surface area contributed by atoms with Gasteiger partial charge < -0.3 is 20.4 Å². The zero-order valence-electron chi connectivity index (χ0n) is 23.0. The van der Waals surface area contributed by atoms with E-state index < -0.39 is 0 Å². The van der Waals surface area contributed by atoms with Gasteiger partial charge >= 0.3 is 0 Å². The van der Waals surface area contributed by atoms with E-state index in [4.69, 9.17) is 33.8 Å². The van der Waals surface area contributed by atoms with Crippen LogP contribution in [0.4, 0.5) is 17.6 Å². The molecule has 8 heteroatoms. The van der Waals surface area contributed by atoms with E-state index in [2.05, 4.69) is 58.5 Å². The highest BCUT2D eigenvalue weighted by Crippen LogP contribution is 2.41. The summed E-state index contributed by atoms with van der Waals surface area (Å²) in [5, 5.41) is 8.26. The van der Waals surface area contributed by atoms with Gasteiger partial charge in [0.05, 0.1) is 0 Å². The number of halogens is 1. The number of thiocarbonyl (C=S) groups is 1. The van der Waals surface area contributed by atoms with Crippen molar-refractivity contribution >= 4 is 46.5 Å². The van der Waals surface area contributed by atoms with Crippen LogP contribution in [0.15, 0.2) is 30.3 Å². The predicted octanol–water partition coefficient (Wildman–Crippen LogP) is 6.79. The molecule has 3 fully saturated rings. The number of piperidine rings is 1. The van der Waals surface area contributed by atoms with Gasteiger partial charge in [-0.1, -0.05) is 63.3 Å². The van der Waals surface area contributed by atoms with E-state index in [9.17, 15) is 0 Å². The third-order valence-corrected chi connectivity index (χ3v) is 9.11. The second-order valence-corrected chi connectivity index (χ2v) is 12.8. The zero-order chi connectivity index (χ0) is 26.5. The molecule has 3 heterocycles. The van der Waals surface area contributed by atoms with Crippen LogP contribution < -0.4 is 20.4 Å². The van der Waals surface area contributed by atoms with Crippen LogP contribution in [0.1, 0.15) is 77.2 Å². The highest BCUT2D eigenvalue weighted by atomic mass is 35.5. The van der Waals surface area contributed by atoms with Crippen molar-refractivity contribution < 1.29 is 0 Å². The lowest BCUT2D eigenvalue weighted by Crippen LogP contribution is -2.41. The van der Waals surface area contributed by atoms with Crippen molar-refractivity contribution in [3.05, 3.63) is 40.9 Å². The molecule has 0 spiro atoms. The molecule has 0 unspecified atom stereocenters. The number of hydrogen-bond donors (Lipinski definition) is 2. The molecule has 0 amide bonds. The normalized spacial score (nSPS) is 23.7. The average Bonchev–Trinajstić information content (AvgIpc) is 3.21. The second-order valence-electron chi connectivity index (χ2n) is 12.0. The lowest BCUT2D eigenvalue weighted by molar-refractivity contribution is 0.355. The predicted molar refractivity (Wildman–Crippen MR) is 164 cm³/mol. The Morgan fingerprint density at radius 3 is 2.26 bits per heavy atom. The quantitative estimate of drug-likeness (QED) is 0.381. The lowest BCUT2D eigenvalue weighted by Gasteiger charge is -2.36. The number of anilines is 3. The minimum atomic E-state index is 0.0522. The summed E-state index contributed by atoms with van der Waals surface area (Å²) in [5.41, 5.74) is 1.35. The maximum Gasteiger partial charge on any atom is 0.232 e. The van der Waals surface area contributed by atoms with Crippen molar-refractivity contribution in [1.29, 1.82) is 0 Å². The maximum atomic E-state index is 6.36. The van der Waals surface area contributed by atoms with Crippen molar-refractivity contribution in [1.82, 2.24) is 15.3 Å². The van der Waals surface area contributed by atoms with Crippen LogP contribution in [0, 0.1) is 11.8 Å². The smallest absolute Gasteiger partial charge is 0.232 e. The number of hydrogen-bond acceptors (Lipinski definition) is 5. The SMILES string of the molecule is C[C@@H]1C[C@@H](C)CN(c2cc(N3CCCCCC3)nc(NC(=S)NCC3(c4cccc(Cl)c4)CCCC3)n2)C1. The van der Waals surface area contributed by atoms with Gasteiger partial charge in [-0.15, -0.1) is 0 Å². The molecule has 1 saturated carbocycles. The second kappa shape index (κ2) is 12.4. The molecule has 2 aliphatic heterocycles. The topological polar surface area (TPSA) is 56.3 Å². The highest BCUT2D eigenvalue weighted by molar-refractivity contribution is 7.80. The molecule has 38 heavy (non-hydrogen) atoms. The van der Waals surface area contributed by atoms with E-state index in [-0.39, 0.29) is 5.41 Å². The van der Waals surface area contributed by atoms with Gasteiger partial charge in [-0.05, 0) is 73.9 Å². The average molecular weight is 555 g/mol. The lowest BCUT2D eigenvalue weighted by atomic mass is 9.79. The van der Waals surface area contributed by atoms with E-state index in [1.54, 1.807) is 0 Å². The van der Waals surface area contributed by atoms with Gasteiger partial charge in [0.25, 0.3) is 0 Å². The van der Waals surface area contributed by atoms with Crippen LogP contribution >= 0.6 is 23.8 Å². The molecular formula is C30H43ClN6S. The highest BCUT2D eigenvalue weighted by Gasteiger charge is 2.36. The first-order valence-corrected chi connectivity index (χ1v) is 15.4. The number of benzene rings is 1. The molecule has 206 valence electrons. The molecule has 2 N–H and O–H groups in total. The summed E-state index contributed by atoms with van der Waals surface area (Å²) in [6.45, 7) is 9.63. The third kappa shape index (κ3) is 6.71. The van der Waals surface area contributed by atoms with Crippen molar-refractivity contribution in [3.63, 3.8) is 0 Å². The Bertz CT molecular complexity index is 1090. The van der Waals surface area contributed by atoms with Gasteiger partial charge in [0.15, 0.2) is 5.11 Å². The van der Waals surface area contributed by atoms with Crippen LogP contribution in [0.3, 0.4) is 0 Å². The van der Waals surface area contributed by atoms with Crippen LogP contribution in [-0.4, -0.2) is 47.8 Å². The minimum absolute atomic E-state index is 0.0522. The number of rotatable bonds is 6. The molecular weight excluding hydrogens is 512 g/mol. The van der Waals surface area contributed by atoms with Gasteiger partial charge in [-0.3, -0.25) is 0 Å². The number of nitrogens with zero attached hydrogens (tertiary/aromatic N) is 4. The molecule has 5 rings (SSSR count). The Morgan fingerprint density at radius 2 is 1.61 bits per heavy atom. The number of aromatic nitrogens is 2. The molecule has 2 saturated heterocycles. The van der Waals surface area contributed by atoms with Gasteiger partial charge in [0.1, 0.15) is 11.6 Å². The minimum Gasteiger partial charge on any atom is -0.361 e. The van der Waals surface area contributed by atoms with Crippen molar-refractivity contribution in [2.45, 2.75) is 77.0 Å². The summed E-state index contributed by atoms with van der Waals surface area (Å²) in [4.78, 5) is 14.8. The molecule has 2 atom stereocenters. The molecule has 0 radical (unpaired) electrons. The third-order valence-electron chi connectivity index (χ3n) is 8.63. The van der Waals surface area contributed by atoms with Gasteiger partial charge in [-0.2, -0.15) is 9.97 Å². The van der Waals surface area contributed by atoms with Gasteiger partial charge in [0, 0.05) is 49.2 Å².